The van der Waals surface area contributed by atoms with Gasteiger partial charge in [-0.25, -0.2) is 0 Å². The summed E-state index contributed by atoms with van der Waals surface area (Å²) in [4.78, 5) is 2.80. The van der Waals surface area contributed by atoms with Gasteiger partial charge in [0.1, 0.15) is 0 Å². The van der Waals surface area contributed by atoms with Gasteiger partial charge in [-0.2, -0.15) is 0 Å². The highest BCUT2D eigenvalue weighted by Gasteiger charge is 2.28. The first-order chi connectivity index (χ1) is 10.2. The van der Waals surface area contributed by atoms with E-state index in [0.717, 1.165) is 23.8 Å². The van der Waals surface area contributed by atoms with Crippen molar-refractivity contribution in [2.45, 2.75) is 78.2 Å². The van der Waals surface area contributed by atoms with E-state index in [2.05, 4.69) is 31.0 Å². The number of hydrogen-bond donors (Lipinski definition) is 1. The third-order valence-corrected chi connectivity index (χ3v) is 5.46. The first-order valence-electron chi connectivity index (χ1n) is 9.63. The Morgan fingerprint density at radius 3 is 2.52 bits per heavy atom. The maximum atomic E-state index is 3.85. The largest absolute Gasteiger partial charge is 0.313 e. The van der Waals surface area contributed by atoms with Gasteiger partial charge in [-0.05, 0) is 56.4 Å². The van der Waals surface area contributed by atoms with Crippen molar-refractivity contribution in [2.24, 2.45) is 17.8 Å². The summed E-state index contributed by atoms with van der Waals surface area (Å²) in [5.41, 5.74) is 0. The molecule has 2 nitrogen and oxygen atoms in total. The lowest BCUT2D eigenvalue weighted by molar-refractivity contribution is 0.118. The zero-order valence-electron chi connectivity index (χ0n) is 14.7. The summed E-state index contributed by atoms with van der Waals surface area (Å²) in [6, 6.07) is 0.746. The van der Waals surface area contributed by atoms with Crippen LogP contribution in [0, 0.1) is 17.8 Å². The summed E-state index contributed by atoms with van der Waals surface area (Å²) in [6.45, 7) is 12.3. The normalized spacial score (nSPS) is 28.6. The van der Waals surface area contributed by atoms with E-state index in [1.165, 1.54) is 77.5 Å². The van der Waals surface area contributed by atoms with E-state index in [0.29, 0.717) is 0 Å². The number of rotatable bonds is 8. The van der Waals surface area contributed by atoms with Crippen LogP contribution in [0.25, 0.3) is 0 Å². The number of hydrogen-bond acceptors (Lipinski definition) is 2. The Labute approximate surface area is 133 Å². The topological polar surface area (TPSA) is 15.3 Å². The van der Waals surface area contributed by atoms with Crippen molar-refractivity contribution >= 4 is 0 Å². The average Bonchev–Trinajstić information content (AvgIpc) is 2.91. The third kappa shape index (κ3) is 6.28. The van der Waals surface area contributed by atoms with E-state index in [-0.39, 0.29) is 0 Å². The molecule has 1 heterocycles. The van der Waals surface area contributed by atoms with Crippen LogP contribution < -0.4 is 5.32 Å². The number of likely N-dealkylation sites (tertiary alicyclic amines) is 1. The van der Waals surface area contributed by atoms with Crippen molar-refractivity contribution in [1.82, 2.24) is 10.2 Å². The van der Waals surface area contributed by atoms with Crippen LogP contribution in [0.1, 0.15) is 72.1 Å². The first-order valence-corrected chi connectivity index (χ1v) is 9.63. The van der Waals surface area contributed by atoms with Gasteiger partial charge < -0.3 is 10.2 Å². The molecule has 0 aromatic carbocycles. The molecule has 1 N–H and O–H groups in total. The monoisotopic (exact) mass is 294 g/mol. The Balaban J connectivity index is 1.78. The minimum Gasteiger partial charge on any atom is -0.313 e. The molecule has 1 saturated heterocycles. The fourth-order valence-corrected chi connectivity index (χ4v) is 4.35. The molecule has 2 unspecified atom stereocenters. The molecule has 0 spiro atoms. The second kappa shape index (κ2) is 9.15. The molecule has 2 aliphatic rings. The Kier molecular flexibility index (Phi) is 7.53. The maximum absolute atomic E-state index is 3.85. The summed E-state index contributed by atoms with van der Waals surface area (Å²) in [6.07, 6.45) is 11.4. The second-order valence-electron chi connectivity index (χ2n) is 8.09. The van der Waals surface area contributed by atoms with E-state index >= 15 is 0 Å². The molecule has 0 amide bonds. The quantitative estimate of drug-likeness (QED) is 0.718. The fourth-order valence-electron chi connectivity index (χ4n) is 4.35. The molecule has 2 atom stereocenters. The van der Waals surface area contributed by atoms with Crippen LogP contribution in [-0.2, 0) is 0 Å². The molecule has 1 aliphatic carbocycles. The zero-order chi connectivity index (χ0) is 15.1. The van der Waals surface area contributed by atoms with Crippen molar-refractivity contribution < 1.29 is 0 Å². The predicted octanol–water partition coefficient (Wildman–Crippen LogP) is 4.30. The van der Waals surface area contributed by atoms with Crippen LogP contribution in [0.2, 0.25) is 0 Å². The summed E-state index contributed by atoms with van der Waals surface area (Å²) in [5, 5.41) is 3.85. The molecule has 2 rings (SSSR count). The highest BCUT2D eigenvalue weighted by Crippen LogP contribution is 2.28. The molecular formula is C19H38N2. The van der Waals surface area contributed by atoms with E-state index in [1.807, 2.05) is 0 Å². The molecule has 0 bridgehead atoms. The Bertz CT molecular complexity index is 271. The first kappa shape index (κ1) is 17.3. The van der Waals surface area contributed by atoms with Gasteiger partial charge in [0.05, 0.1) is 0 Å². The summed E-state index contributed by atoms with van der Waals surface area (Å²) < 4.78 is 0. The minimum absolute atomic E-state index is 0.746. The van der Waals surface area contributed by atoms with Crippen molar-refractivity contribution in [3.63, 3.8) is 0 Å². The molecule has 2 heteroatoms. The van der Waals surface area contributed by atoms with Gasteiger partial charge in [-0.3, -0.25) is 0 Å². The molecule has 0 aromatic heterocycles. The average molecular weight is 295 g/mol. The van der Waals surface area contributed by atoms with E-state index in [1.54, 1.807) is 0 Å². The molecule has 21 heavy (non-hydrogen) atoms. The van der Waals surface area contributed by atoms with Crippen molar-refractivity contribution in [2.75, 3.05) is 26.2 Å². The van der Waals surface area contributed by atoms with Gasteiger partial charge in [0.15, 0.2) is 0 Å². The number of piperidine rings is 1. The van der Waals surface area contributed by atoms with E-state index in [4.69, 9.17) is 0 Å². The molecule has 124 valence electrons. The zero-order valence-corrected chi connectivity index (χ0v) is 14.7. The second-order valence-corrected chi connectivity index (χ2v) is 8.09. The van der Waals surface area contributed by atoms with Gasteiger partial charge in [0.2, 0.25) is 0 Å². The number of nitrogens with zero attached hydrogens (tertiary/aromatic N) is 1. The summed E-state index contributed by atoms with van der Waals surface area (Å²) in [7, 11) is 0. The molecule has 1 aliphatic heterocycles. The van der Waals surface area contributed by atoms with Crippen LogP contribution in [0.4, 0.5) is 0 Å². The Morgan fingerprint density at radius 1 is 1.10 bits per heavy atom. The SMILES string of the molecule is CCCC1CC(NCCC(C)C)CN(CC2CCCC2)C1. The van der Waals surface area contributed by atoms with Crippen LogP contribution >= 0.6 is 0 Å². The molecule has 1 saturated carbocycles. The smallest absolute Gasteiger partial charge is 0.0198 e. The molecular weight excluding hydrogens is 256 g/mol. The Hall–Kier alpha value is -0.0800. The van der Waals surface area contributed by atoms with Crippen LogP contribution in [-0.4, -0.2) is 37.1 Å². The van der Waals surface area contributed by atoms with E-state index < -0.39 is 0 Å². The van der Waals surface area contributed by atoms with E-state index in [9.17, 15) is 0 Å². The predicted molar refractivity (Wildman–Crippen MR) is 92.7 cm³/mol. The third-order valence-electron chi connectivity index (χ3n) is 5.46. The van der Waals surface area contributed by atoms with Gasteiger partial charge in [0, 0.05) is 25.7 Å². The minimum atomic E-state index is 0.746. The maximum Gasteiger partial charge on any atom is 0.0198 e. The van der Waals surface area contributed by atoms with Gasteiger partial charge in [0.25, 0.3) is 0 Å². The molecule has 2 fully saturated rings. The molecule has 0 radical (unpaired) electrons. The number of nitrogens with one attached hydrogen (secondary N) is 1. The van der Waals surface area contributed by atoms with Crippen molar-refractivity contribution in [3.05, 3.63) is 0 Å². The lowest BCUT2D eigenvalue weighted by Crippen LogP contribution is -2.50. The highest BCUT2D eigenvalue weighted by atomic mass is 15.2. The lowest BCUT2D eigenvalue weighted by atomic mass is 9.89. The standard InChI is InChI=1S/C19H38N2/c1-4-7-18-12-19(20-11-10-16(2)3)15-21(14-18)13-17-8-5-6-9-17/h16-20H,4-15H2,1-3H3. The summed E-state index contributed by atoms with van der Waals surface area (Å²) >= 11 is 0. The van der Waals surface area contributed by atoms with Crippen molar-refractivity contribution in [1.29, 1.82) is 0 Å². The van der Waals surface area contributed by atoms with Gasteiger partial charge >= 0.3 is 0 Å². The highest BCUT2D eigenvalue weighted by molar-refractivity contribution is 4.85. The van der Waals surface area contributed by atoms with Crippen molar-refractivity contribution in [3.8, 4) is 0 Å². The van der Waals surface area contributed by atoms with Crippen LogP contribution in [0.3, 0.4) is 0 Å². The van der Waals surface area contributed by atoms with Crippen LogP contribution in [0.5, 0.6) is 0 Å². The molecule has 0 aromatic rings. The summed E-state index contributed by atoms with van der Waals surface area (Å²) in [5.74, 6) is 2.76. The lowest BCUT2D eigenvalue weighted by Gasteiger charge is -2.39. The fraction of sp³-hybridized carbons (Fsp3) is 1.00. The van der Waals surface area contributed by atoms with Gasteiger partial charge in [-0.15, -0.1) is 0 Å². The van der Waals surface area contributed by atoms with Crippen LogP contribution in [0.15, 0.2) is 0 Å². The Morgan fingerprint density at radius 2 is 1.86 bits per heavy atom. The van der Waals surface area contributed by atoms with Gasteiger partial charge in [-0.1, -0.05) is 40.0 Å².